The van der Waals surface area contributed by atoms with Crippen molar-refractivity contribution in [3.05, 3.63) is 23.8 Å². The number of hydrogen-bond acceptors (Lipinski definition) is 10. The highest BCUT2D eigenvalue weighted by Crippen LogP contribution is 2.31. The van der Waals surface area contributed by atoms with Crippen molar-refractivity contribution in [3.63, 3.8) is 0 Å². The van der Waals surface area contributed by atoms with E-state index in [0.717, 1.165) is 12.8 Å². The maximum absolute atomic E-state index is 12.6. The first-order chi connectivity index (χ1) is 18.9. The second kappa shape index (κ2) is 18.3. The number of hydrogen-bond donors (Lipinski definition) is 1. The molecule has 0 aliphatic heterocycles. The van der Waals surface area contributed by atoms with Gasteiger partial charge < -0.3 is 29.4 Å². The standard InChI is InChI=1S/C30H47NO9/c1-8-10-20(5)27(32)39-25-13-12-23(17-26(25)40-28(33)21(6)11-9-2)16-24(31)29(34)38-22(7)18-37-30(35)36-15-14-19(3)4/h12-13,17,19-22,24H,8-11,14-16,18,31H2,1-7H3/t20?,21?,22-,24-/m0/s1. The van der Waals surface area contributed by atoms with Gasteiger partial charge in [-0.05, 0) is 56.2 Å². The summed E-state index contributed by atoms with van der Waals surface area (Å²) in [5, 5.41) is 0. The van der Waals surface area contributed by atoms with Crippen molar-refractivity contribution in [1.29, 1.82) is 0 Å². The summed E-state index contributed by atoms with van der Waals surface area (Å²) in [6, 6.07) is 3.67. The van der Waals surface area contributed by atoms with E-state index in [2.05, 4.69) is 0 Å². The highest BCUT2D eigenvalue weighted by molar-refractivity contribution is 5.79. The summed E-state index contributed by atoms with van der Waals surface area (Å²) in [6.07, 6.45) is 2.18. The molecule has 0 aliphatic carbocycles. The predicted octanol–water partition coefficient (Wildman–Crippen LogP) is 5.37. The third-order valence-corrected chi connectivity index (χ3v) is 6.10. The average Bonchev–Trinajstić information content (AvgIpc) is 2.88. The summed E-state index contributed by atoms with van der Waals surface area (Å²) in [4.78, 5) is 49.4. The van der Waals surface area contributed by atoms with Gasteiger partial charge >= 0.3 is 24.1 Å². The Bertz CT molecular complexity index is 962. The number of esters is 3. The SMILES string of the molecule is CCCC(C)C(=O)Oc1ccc(C[C@H](N)C(=O)O[C@@H](C)COC(=O)OCCC(C)C)cc1OC(=O)C(C)CCC. The van der Waals surface area contributed by atoms with Crippen LogP contribution in [0.1, 0.15) is 86.1 Å². The molecule has 226 valence electrons. The number of rotatable bonds is 17. The smallest absolute Gasteiger partial charge is 0.458 e. The molecule has 10 heteroatoms. The first-order valence-corrected chi connectivity index (χ1v) is 14.2. The summed E-state index contributed by atoms with van der Waals surface area (Å²) >= 11 is 0. The molecule has 4 atom stereocenters. The van der Waals surface area contributed by atoms with E-state index in [1.165, 1.54) is 12.1 Å². The van der Waals surface area contributed by atoms with Crippen LogP contribution in [-0.4, -0.2) is 49.4 Å². The molecule has 0 fully saturated rings. The first-order valence-electron chi connectivity index (χ1n) is 14.2. The Kier molecular flexibility index (Phi) is 15.9. The van der Waals surface area contributed by atoms with E-state index >= 15 is 0 Å². The molecule has 0 aliphatic rings. The van der Waals surface area contributed by atoms with Gasteiger partial charge in [-0.3, -0.25) is 14.4 Å². The molecular weight excluding hydrogens is 518 g/mol. The van der Waals surface area contributed by atoms with Gasteiger partial charge in [-0.1, -0.05) is 60.5 Å². The fraction of sp³-hybridized carbons (Fsp3) is 0.667. The Morgan fingerprint density at radius 3 is 1.90 bits per heavy atom. The van der Waals surface area contributed by atoms with Gasteiger partial charge in [0, 0.05) is 0 Å². The van der Waals surface area contributed by atoms with Crippen molar-refractivity contribution in [1.82, 2.24) is 0 Å². The molecule has 0 radical (unpaired) electrons. The van der Waals surface area contributed by atoms with E-state index in [9.17, 15) is 19.2 Å². The molecule has 0 saturated carbocycles. The molecule has 0 amide bonds. The van der Waals surface area contributed by atoms with Crippen molar-refractivity contribution >= 4 is 24.1 Å². The minimum Gasteiger partial charge on any atom is -0.458 e. The van der Waals surface area contributed by atoms with Gasteiger partial charge in [-0.15, -0.1) is 0 Å². The molecule has 1 rings (SSSR count). The highest BCUT2D eigenvalue weighted by Gasteiger charge is 2.24. The molecule has 40 heavy (non-hydrogen) atoms. The van der Waals surface area contributed by atoms with E-state index in [-0.39, 0.29) is 43.0 Å². The van der Waals surface area contributed by atoms with E-state index in [0.29, 0.717) is 30.7 Å². The van der Waals surface area contributed by atoms with Crippen LogP contribution in [0.25, 0.3) is 0 Å². The maximum atomic E-state index is 12.6. The van der Waals surface area contributed by atoms with E-state index in [4.69, 9.17) is 29.4 Å². The maximum Gasteiger partial charge on any atom is 0.508 e. The molecule has 1 aromatic rings. The predicted molar refractivity (Wildman–Crippen MR) is 150 cm³/mol. The second-order valence-electron chi connectivity index (χ2n) is 10.7. The molecular formula is C30H47NO9. The topological polar surface area (TPSA) is 140 Å². The van der Waals surface area contributed by atoms with Gasteiger partial charge in [0.1, 0.15) is 18.8 Å². The Balaban J connectivity index is 2.85. The van der Waals surface area contributed by atoms with E-state index < -0.39 is 36.2 Å². The van der Waals surface area contributed by atoms with Crippen LogP contribution in [0.4, 0.5) is 4.79 Å². The quantitative estimate of drug-likeness (QED) is 0.194. The van der Waals surface area contributed by atoms with Gasteiger partial charge in [0.15, 0.2) is 11.5 Å². The van der Waals surface area contributed by atoms with Gasteiger partial charge in [0.25, 0.3) is 0 Å². The van der Waals surface area contributed by atoms with Crippen LogP contribution < -0.4 is 15.2 Å². The molecule has 1 aromatic carbocycles. The zero-order valence-corrected chi connectivity index (χ0v) is 25.0. The third-order valence-electron chi connectivity index (χ3n) is 6.10. The number of carbonyl (C=O) groups excluding carboxylic acids is 4. The molecule has 2 N–H and O–H groups in total. The van der Waals surface area contributed by atoms with Gasteiger partial charge in [-0.25, -0.2) is 4.79 Å². The van der Waals surface area contributed by atoms with Crippen molar-refractivity contribution in [2.24, 2.45) is 23.5 Å². The third kappa shape index (κ3) is 13.3. The highest BCUT2D eigenvalue weighted by atomic mass is 16.7. The molecule has 2 unspecified atom stereocenters. The zero-order valence-electron chi connectivity index (χ0n) is 25.0. The van der Waals surface area contributed by atoms with Crippen LogP contribution in [0, 0.1) is 17.8 Å². The fourth-order valence-corrected chi connectivity index (χ4v) is 3.63. The molecule has 0 spiro atoms. The van der Waals surface area contributed by atoms with Crippen LogP contribution in [-0.2, 0) is 35.0 Å². The number of benzene rings is 1. The number of nitrogens with two attached hydrogens (primary N) is 1. The Morgan fingerprint density at radius 2 is 1.35 bits per heavy atom. The molecule has 0 heterocycles. The molecule has 0 saturated heterocycles. The van der Waals surface area contributed by atoms with Gasteiger partial charge in [0.05, 0.1) is 18.4 Å². The zero-order chi connectivity index (χ0) is 30.2. The van der Waals surface area contributed by atoms with Gasteiger partial charge in [0.2, 0.25) is 0 Å². The lowest BCUT2D eigenvalue weighted by atomic mass is 10.0. The first kappa shape index (κ1) is 34.9. The number of carbonyl (C=O) groups is 4. The lowest BCUT2D eigenvalue weighted by Gasteiger charge is -2.18. The van der Waals surface area contributed by atoms with Crippen LogP contribution in [0.5, 0.6) is 11.5 Å². The van der Waals surface area contributed by atoms with Crippen LogP contribution in [0.3, 0.4) is 0 Å². The minimum atomic E-state index is -1.04. The van der Waals surface area contributed by atoms with Crippen LogP contribution in [0.2, 0.25) is 0 Å². The average molecular weight is 566 g/mol. The summed E-state index contributed by atoms with van der Waals surface area (Å²) in [5.74, 6) is -1.62. The van der Waals surface area contributed by atoms with E-state index in [1.54, 1.807) is 26.8 Å². The summed E-state index contributed by atoms with van der Waals surface area (Å²) in [6.45, 7) is 13.2. The fourth-order valence-electron chi connectivity index (χ4n) is 3.63. The number of ether oxygens (including phenoxy) is 5. The minimum absolute atomic E-state index is 0.0686. The lowest BCUT2D eigenvalue weighted by molar-refractivity contribution is -0.152. The Hall–Kier alpha value is -3.14. The largest absolute Gasteiger partial charge is 0.508 e. The normalized spacial score (nSPS) is 14.0. The molecule has 10 nitrogen and oxygen atoms in total. The molecule has 0 bridgehead atoms. The second-order valence-corrected chi connectivity index (χ2v) is 10.7. The van der Waals surface area contributed by atoms with Crippen LogP contribution in [0.15, 0.2) is 18.2 Å². The molecule has 0 aromatic heterocycles. The lowest BCUT2D eigenvalue weighted by Crippen LogP contribution is -2.37. The summed E-state index contributed by atoms with van der Waals surface area (Å²) < 4.78 is 26.4. The van der Waals surface area contributed by atoms with Crippen molar-refractivity contribution in [2.75, 3.05) is 13.2 Å². The van der Waals surface area contributed by atoms with Crippen molar-refractivity contribution in [2.45, 2.75) is 99.1 Å². The summed E-state index contributed by atoms with van der Waals surface area (Å²) in [5.41, 5.74) is 6.66. The van der Waals surface area contributed by atoms with Crippen molar-refractivity contribution < 1.29 is 42.9 Å². The monoisotopic (exact) mass is 565 g/mol. The van der Waals surface area contributed by atoms with E-state index in [1.807, 2.05) is 27.7 Å². The van der Waals surface area contributed by atoms with Crippen molar-refractivity contribution in [3.8, 4) is 11.5 Å². The Morgan fingerprint density at radius 1 is 0.775 bits per heavy atom. The van der Waals surface area contributed by atoms with Crippen LogP contribution >= 0.6 is 0 Å². The van der Waals surface area contributed by atoms with Gasteiger partial charge in [-0.2, -0.15) is 0 Å². The summed E-state index contributed by atoms with van der Waals surface area (Å²) in [7, 11) is 0. The Labute approximate surface area is 238 Å².